The van der Waals surface area contributed by atoms with E-state index in [-0.39, 0.29) is 0 Å². The number of aryl methyl sites for hydroxylation is 1. The molecule has 0 spiro atoms. The normalized spacial score (nSPS) is 10.7. The van der Waals surface area contributed by atoms with Gasteiger partial charge in [0, 0.05) is 28.4 Å². The van der Waals surface area contributed by atoms with Gasteiger partial charge in [-0.15, -0.1) is 0 Å². The van der Waals surface area contributed by atoms with E-state index in [0.29, 0.717) is 0 Å². The van der Waals surface area contributed by atoms with Crippen LogP contribution in [0.3, 0.4) is 0 Å². The van der Waals surface area contributed by atoms with Gasteiger partial charge in [0.15, 0.2) is 0 Å². The number of pyridine rings is 1. The van der Waals surface area contributed by atoms with Gasteiger partial charge in [-0.05, 0) is 34.7 Å². The third-order valence-electron chi connectivity index (χ3n) is 1.71. The molecule has 0 radical (unpaired) electrons. The van der Waals surface area contributed by atoms with Gasteiger partial charge in [0.05, 0.1) is 0 Å². The lowest BCUT2D eigenvalue weighted by Gasteiger charge is -1.94. The van der Waals surface area contributed by atoms with E-state index in [4.69, 9.17) is 0 Å². The molecule has 0 atom stereocenters. The summed E-state index contributed by atoms with van der Waals surface area (Å²) in [5, 5.41) is 1.23. The second-order valence-electron chi connectivity index (χ2n) is 2.46. The summed E-state index contributed by atoms with van der Waals surface area (Å²) in [5.74, 6) is 0. The minimum atomic E-state index is 1.05. The molecule has 0 aliphatic carbocycles. The van der Waals surface area contributed by atoms with Crippen molar-refractivity contribution < 1.29 is 0 Å². The highest BCUT2D eigenvalue weighted by atomic mass is 127. The summed E-state index contributed by atoms with van der Waals surface area (Å²) < 4.78 is 3.28. The molecule has 2 heterocycles. The fourth-order valence-electron chi connectivity index (χ4n) is 1.13. The molecular formula is C8H7IN2. The summed E-state index contributed by atoms with van der Waals surface area (Å²) in [6, 6.07) is 4.10. The fourth-order valence-corrected chi connectivity index (χ4v) is 1.71. The number of fused-ring (bicyclic) bond motifs is 1. The van der Waals surface area contributed by atoms with E-state index in [9.17, 15) is 0 Å². The summed E-state index contributed by atoms with van der Waals surface area (Å²) in [5.41, 5.74) is 1.05. The standard InChI is InChI=1S/C8H7IN2/c1-11-5-3-6-7(9)2-4-10-8(6)11/h2-5H,1H3. The van der Waals surface area contributed by atoms with Gasteiger partial charge in [0.1, 0.15) is 5.65 Å². The van der Waals surface area contributed by atoms with Crippen LogP contribution in [0.2, 0.25) is 0 Å². The van der Waals surface area contributed by atoms with Crippen LogP contribution in [-0.4, -0.2) is 9.55 Å². The van der Waals surface area contributed by atoms with Crippen LogP contribution in [0.5, 0.6) is 0 Å². The summed E-state index contributed by atoms with van der Waals surface area (Å²) in [4.78, 5) is 4.26. The minimum absolute atomic E-state index is 1.05. The SMILES string of the molecule is Cn1ccc2c(I)ccnc21. The van der Waals surface area contributed by atoms with Crippen molar-refractivity contribution >= 4 is 33.6 Å². The molecule has 2 nitrogen and oxygen atoms in total. The van der Waals surface area contributed by atoms with Crippen molar-refractivity contribution in [3.63, 3.8) is 0 Å². The van der Waals surface area contributed by atoms with E-state index in [1.54, 1.807) is 0 Å². The first-order valence-corrected chi connectivity index (χ1v) is 4.42. The number of rotatable bonds is 0. The van der Waals surface area contributed by atoms with E-state index < -0.39 is 0 Å². The maximum Gasteiger partial charge on any atom is 0.140 e. The molecular weight excluding hydrogens is 251 g/mol. The lowest BCUT2D eigenvalue weighted by Crippen LogP contribution is -1.87. The molecule has 0 aliphatic heterocycles. The van der Waals surface area contributed by atoms with Crippen molar-refractivity contribution in [2.75, 3.05) is 0 Å². The monoisotopic (exact) mass is 258 g/mol. The molecule has 2 aromatic rings. The van der Waals surface area contributed by atoms with E-state index in [1.165, 1.54) is 8.96 Å². The molecule has 0 amide bonds. The van der Waals surface area contributed by atoms with Crippen LogP contribution in [0.15, 0.2) is 24.5 Å². The average molecular weight is 258 g/mol. The first-order chi connectivity index (χ1) is 5.29. The Bertz CT molecular complexity index is 392. The highest BCUT2D eigenvalue weighted by molar-refractivity contribution is 14.1. The predicted octanol–water partition coefficient (Wildman–Crippen LogP) is 2.18. The number of hydrogen-bond acceptors (Lipinski definition) is 1. The Morgan fingerprint density at radius 2 is 2.27 bits per heavy atom. The van der Waals surface area contributed by atoms with Crippen LogP contribution in [0.25, 0.3) is 11.0 Å². The summed E-state index contributed by atoms with van der Waals surface area (Å²) in [7, 11) is 2.01. The first kappa shape index (κ1) is 7.09. The molecule has 3 heteroatoms. The van der Waals surface area contributed by atoms with E-state index in [0.717, 1.165) is 5.65 Å². The van der Waals surface area contributed by atoms with Crippen molar-refractivity contribution in [2.45, 2.75) is 0 Å². The molecule has 0 saturated carbocycles. The smallest absolute Gasteiger partial charge is 0.140 e. The topological polar surface area (TPSA) is 17.8 Å². The third kappa shape index (κ3) is 1.03. The maximum atomic E-state index is 4.26. The molecule has 0 unspecified atom stereocenters. The Morgan fingerprint density at radius 1 is 1.45 bits per heavy atom. The zero-order valence-corrected chi connectivity index (χ0v) is 8.24. The second-order valence-corrected chi connectivity index (χ2v) is 3.62. The highest BCUT2D eigenvalue weighted by Gasteiger charge is 2.00. The zero-order chi connectivity index (χ0) is 7.84. The van der Waals surface area contributed by atoms with Crippen LogP contribution >= 0.6 is 22.6 Å². The zero-order valence-electron chi connectivity index (χ0n) is 6.08. The van der Waals surface area contributed by atoms with Gasteiger partial charge in [-0.1, -0.05) is 0 Å². The lowest BCUT2D eigenvalue weighted by atomic mass is 10.3. The highest BCUT2D eigenvalue weighted by Crippen LogP contribution is 2.18. The molecule has 2 rings (SSSR count). The van der Waals surface area contributed by atoms with Crippen molar-refractivity contribution in [1.29, 1.82) is 0 Å². The number of nitrogens with zero attached hydrogens (tertiary/aromatic N) is 2. The first-order valence-electron chi connectivity index (χ1n) is 3.34. The van der Waals surface area contributed by atoms with Gasteiger partial charge in [0.2, 0.25) is 0 Å². The van der Waals surface area contributed by atoms with E-state index >= 15 is 0 Å². The molecule has 0 aromatic carbocycles. The van der Waals surface area contributed by atoms with Crippen molar-refractivity contribution in [1.82, 2.24) is 9.55 Å². The van der Waals surface area contributed by atoms with Crippen molar-refractivity contribution in [3.05, 3.63) is 28.1 Å². The maximum absolute atomic E-state index is 4.26. The van der Waals surface area contributed by atoms with Gasteiger partial charge < -0.3 is 4.57 Å². The third-order valence-corrected chi connectivity index (χ3v) is 2.66. The second kappa shape index (κ2) is 2.48. The van der Waals surface area contributed by atoms with Gasteiger partial charge in [0.25, 0.3) is 0 Å². The Kier molecular flexibility index (Phi) is 1.60. The summed E-state index contributed by atoms with van der Waals surface area (Å²) >= 11 is 2.32. The van der Waals surface area contributed by atoms with Crippen LogP contribution in [0.1, 0.15) is 0 Å². The van der Waals surface area contributed by atoms with Crippen molar-refractivity contribution in [3.8, 4) is 0 Å². The molecule has 0 fully saturated rings. The quantitative estimate of drug-likeness (QED) is 0.662. The van der Waals surface area contributed by atoms with Crippen LogP contribution < -0.4 is 0 Å². The molecule has 0 bridgehead atoms. The van der Waals surface area contributed by atoms with Crippen LogP contribution in [0, 0.1) is 3.57 Å². The number of aromatic nitrogens is 2. The molecule has 2 aromatic heterocycles. The van der Waals surface area contributed by atoms with Crippen LogP contribution in [0.4, 0.5) is 0 Å². The molecule has 0 N–H and O–H groups in total. The Balaban J connectivity index is 2.94. The average Bonchev–Trinajstić information content (AvgIpc) is 2.35. The van der Waals surface area contributed by atoms with E-state index in [1.807, 2.05) is 30.1 Å². The Hall–Kier alpha value is -0.580. The lowest BCUT2D eigenvalue weighted by molar-refractivity contribution is 0.948. The van der Waals surface area contributed by atoms with Gasteiger partial charge in [-0.25, -0.2) is 4.98 Å². The van der Waals surface area contributed by atoms with Crippen LogP contribution in [-0.2, 0) is 7.05 Å². The largest absolute Gasteiger partial charge is 0.336 e. The number of halogens is 1. The fraction of sp³-hybridized carbons (Fsp3) is 0.125. The van der Waals surface area contributed by atoms with Gasteiger partial charge in [-0.3, -0.25) is 0 Å². The molecule has 56 valence electrons. The molecule has 0 saturated heterocycles. The molecule has 11 heavy (non-hydrogen) atoms. The van der Waals surface area contributed by atoms with Crippen molar-refractivity contribution in [2.24, 2.45) is 7.05 Å². The number of hydrogen-bond donors (Lipinski definition) is 0. The predicted molar refractivity (Wildman–Crippen MR) is 53.4 cm³/mol. The van der Waals surface area contributed by atoms with Gasteiger partial charge in [-0.2, -0.15) is 0 Å². The summed E-state index contributed by atoms with van der Waals surface area (Å²) in [6.07, 6.45) is 3.87. The minimum Gasteiger partial charge on any atom is -0.336 e. The van der Waals surface area contributed by atoms with Gasteiger partial charge >= 0.3 is 0 Å². The Labute approximate surface area is 78.4 Å². The summed E-state index contributed by atoms with van der Waals surface area (Å²) in [6.45, 7) is 0. The Morgan fingerprint density at radius 3 is 3.00 bits per heavy atom. The van der Waals surface area contributed by atoms with E-state index in [2.05, 4.69) is 33.6 Å². The molecule has 0 aliphatic rings.